The van der Waals surface area contributed by atoms with Gasteiger partial charge in [0.25, 0.3) is 0 Å². The van der Waals surface area contributed by atoms with Crippen molar-refractivity contribution in [2.75, 3.05) is 33.7 Å². The van der Waals surface area contributed by atoms with Crippen LogP contribution in [0.2, 0.25) is 0 Å². The molecule has 2 aromatic rings. The smallest absolute Gasteiger partial charge is 0.316 e. The molecule has 0 fully saturated rings. The van der Waals surface area contributed by atoms with Gasteiger partial charge in [-0.3, -0.25) is 9.59 Å². The maximum atomic E-state index is 12.4. The molecule has 0 aliphatic heterocycles. The van der Waals surface area contributed by atoms with Crippen molar-refractivity contribution in [3.63, 3.8) is 0 Å². The van der Waals surface area contributed by atoms with E-state index in [0.717, 1.165) is 14.9 Å². The molecule has 6 nitrogen and oxygen atoms in total. The zero-order valence-electron chi connectivity index (χ0n) is 16.0. The van der Waals surface area contributed by atoms with Crippen LogP contribution in [0.25, 0.3) is 0 Å². The van der Waals surface area contributed by atoms with Gasteiger partial charge in [-0.05, 0) is 42.8 Å². The number of methoxy groups -OCH3 is 3. The van der Waals surface area contributed by atoms with E-state index in [1.807, 2.05) is 25.1 Å². The van der Waals surface area contributed by atoms with Gasteiger partial charge in [-0.25, -0.2) is 0 Å². The third-order valence-corrected chi connectivity index (χ3v) is 5.48. The van der Waals surface area contributed by atoms with Crippen LogP contribution in [0.15, 0.2) is 39.7 Å². The molecule has 0 bridgehead atoms. The van der Waals surface area contributed by atoms with E-state index in [0.29, 0.717) is 22.8 Å². The maximum Gasteiger partial charge on any atom is 0.316 e. The fourth-order valence-electron chi connectivity index (χ4n) is 2.42. The molecular formula is C20H21BrO6S. The van der Waals surface area contributed by atoms with Gasteiger partial charge < -0.3 is 18.9 Å². The van der Waals surface area contributed by atoms with Crippen molar-refractivity contribution in [2.24, 2.45) is 0 Å². The summed E-state index contributed by atoms with van der Waals surface area (Å²) in [7, 11) is 4.41. The van der Waals surface area contributed by atoms with Crippen LogP contribution in [0, 0.1) is 6.92 Å². The number of esters is 1. The number of ketones is 1. The summed E-state index contributed by atoms with van der Waals surface area (Å²) in [6.07, 6.45) is 0. The molecule has 0 aliphatic carbocycles. The first-order valence-electron chi connectivity index (χ1n) is 8.27. The second kappa shape index (κ2) is 10.4. The first-order valence-corrected chi connectivity index (χ1v) is 10.0. The number of benzene rings is 2. The summed E-state index contributed by atoms with van der Waals surface area (Å²) in [4.78, 5) is 25.4. The van der Waals surface area contributed by atoms with E-state index < -0.39 is 5.97 Å². The number of hydrogen-bond donors (Lipinski definition) is 0. The monoisotopic (exact) mass is 468 g/mol. The summed E-state index contributed by atoms with van der Waals surface area (Å²) >= 11 is 4.77. The van der Waals surface area contributed by atoms with Gasteiger partial charge in [0.15, 0.2) is 18.1 Å². The van der Waals surface area contributed by atoms with Crippen molar-refractivity contribution in [2.45, 2.75) is 11.8 Å². The normalized spacial score (nSPS) is 10.3. The number of aryl methyl sites for hydroxylation is 1. The maximum absolute atomic E-state index is 12.4. The van der Waals surface area contributed by atoms with Gasteiger partial charge >= 0.3 is 5.97 Å². The third kappa shape index (κ3) is 5.65. The molecule has 0 atom stereocenters. The van der Waals surface area contributed by atoms with Crippen LogP contribution in [-0.2, 0) is 9.53 Å². The molecule has 150 valence electrons. The Balaban J connectivity index is 1.96. The highest BCUT2D eigenvalue weighted by Crippen LogP contribution is 2.38. The Morgan fingerprint density at radius 1 is 1.00 bits per heavy atom. The summed E-state index contributed by atoms with van der Waals surface area (Å²) in [6.45, 7) is 1.60. The molecule has 2 aromatic carbocycles. The van der Waals surface area contributed by atoms with E-state index in [4.69, 9.17) is 18.9 Å². The molecule has 2 rings (SSSR count). The van der Waals surface area contributed by atoms with E-state index >= 15 is 0 Å². The molecule has 0 unspecified atom stereocenters. The van der Waals surface area contributed by atoms with Crippen LogP contribution >= 0.6 is 27.7 Å². The van der Waals surface area contributed by atoms with Crippen LogP contribution in [0.4, 0.5) is 0 Å². The summed E-state index contributed by atoms with van der Waals surface area (Å²) in [5, 5.41) is 0. The van der Waals surface area contributed by atoms with Gasteiger partial charge in [0.2, 0.25) is 11.5 Å². The average Bonchev–Trinajstić information content (AvgIpc) is 2.69. The standard InChI is InChI=1S/C20H21BrO6S/c1-12-7-14(21)5-6-18(12)28-11-19(23)27-10-15(22)13-8-16(24-2)20(26-4)17(9-13)25-3/h5-9H,10-11H2,1-4H3. The zero-order valence-corrected chi connectivity index (χ0v) is 18.4. The van der Waals surface area contributed by atoms with Crippen LogP contribution in [0.5, 0.6) is 17.2 Å². The van der Waals surface area contributed by atoms with E-state index in [2.05, 4.69) is 15.9 Å². The van der Waals surface area contributed by atoms with Gasteiger partial charge in [-0.1, -0.05) is 15.9 Å². The largest absolute Gasteiger partial charge is 0.493 e. The molecule has 0 saturated carbocycles. The Kier molecular flexibility index (Phi) is 8.19. The van der Waals surface area contributed by atoms with E-state index in [-0.39, 0.29) is 18.1 Å². The van der Waals surface area contributed by atoms with Crippen molar-refractivity contribution in [3.8, 4) is 17.2 Å². The SMILES string of the molecule is COc1cc(C(=O)COC(=O)CSc2ccc(Br)cc2C)cc(OC)c1OC. The lowest BCUT2D eigenvalue weighted by Crippen LogP contribution is -2.16. The highest BCUT2D eigenvalue weighted by atomic mass is 79.9. The number of rotatable bonds is 9. The molecule has 0 amide bonds. The number of Topliss-reactive ketones (excluding diaryl/α,β-unsaturated/α-hetero) is 1. The van der Waals surface area contributed by atoms with Crippen molar-refractivity contribution >= 4 is 39.4 Å². The first kappa shape index (κ1) is 22.1. The number of carbonyl (C=O) groups is 2. The molecule has 0 aromatic heterocycles. The Morgan fingerprint density at radius 3 is 2.18 bits per heavy atom. The summed E-state index contributed by atoms with van der Waals surface area (Å²) < 4.78 is 21.8. The first-order chi connectivity index (χ1) is 13.4. The van der Waals surface area contributed by atoms with Gasteiger partial charge in [0.1, 0.15) is 0 Å². The lowest BCUT2D eigenvalue weighted by atomic mass is 10.1. The van der Waals surface area contributed by atoms with Crippen LogP contribution in [0.3, 0.4) is 0 Å². The minimum Gasteiger partial charge on any atom is -0.493 e. The highest BCUT2D eigenvalue weighted by molar-refractivity contribution is 9.10. The predicted octanol–water partition coefficient (Wildman–Crippen LogP) is 4.30. The third-order valence-electron chi connectivity index (χ3n) is 3.83. The number of hydrogen-bond acceptors (Lipinski definition) is 7. The molecule has 0 radical (unpaired) electrons. The Hall–Kier alpha value is -2.19. The summed E-state index contributed by atoms with van der Waals surface area (Å²) in [5.41, 5.74) is 1.36. The summed E-state index contributed by atoms with van der Waals surface area (Å²) in [6, 6.07) is 8.86. The second-order valence-electron chi connectivity index (χ2n) is 5.70. The van der Waals surface area contributed by atoms with Gasteiger partial charge in [-0.2, -0.15) is 0 Å². The van der Waals surface area contributed by atoms with Crippen molar-refractivity contribution in [3.05, 3.63) is 45.9 Å². The number of thioether (sulfide) groups is 1. The number of carbonyl (C=O) groups excluding carboxylic acids is 2. The van der Waals surface area contributed by atoms with E-state index in [9.17, 15) is 9.59 Å². The number of ether oxygens (including phenoxy) is 4. The van der Waals surface area contributed by atoms with E-state index in [1.54, 1.807) is 0 Å². The molecule has 28 heavy (non-hydrogen) atoms. The predicted molar refractivity (Wildman–Crippen MR) is 111 cm³/mol. The second-order valence-corrected chi connectivity index (χ2v) is 7.63. The molecule has 0 aliphatic rings. The lowest BCUT2D eigenvalue weighted by Gasteiger charge is -2.13. The van der Waals surface area contributed by atoms with Gasteiger partial charge in [0, 0.05) is 14.9 Å². The average molecular weight is 469 g/mol. The minimum atomic E-state index is -0.465. The van der Waals surface area contributed by atoms with Crippen molar-refractivity contribution in [1.82, 2.24) is 0 Å². The molecule has 0 heterocycles. The van der Waals surface area contributed by atoms with E-state index in [1.165, 1.54) is 45.2 Å². The van der Waals surface area contributed by atoms with Crippen molar-refractivity contribution in [1.29, 1.82) is 0 Å². The molecule has 8 heteroatoms. The molecule has 0 N–H and O–H groups in total. The quantitative estimate of drug-likeness (QED) is 0.308. The minimum absolute atomic E-state index is 0.116. The fraction of sp³-hybridized carbons (Fsp3) is 0.300. The summed E-state index contributed by atoms with van der Waals surface area (Å²) in [5.74, 6) is 0.395. The Bertz CT molecular complexity index is 843. The van der Waals surface area contributed by atoms with Gasteiger partial charge in [0.05, 0.1) is 27.1 Å². The van der Waals surface area contributed by atoms with Crippen LogP contribution in [0.1, 0.15) is 15.9 Å². The molecular weight excluding hydrogens is 448 g/mol. The lowest BCUT2D eigenvalue weighted by molar-refractivity contribution is -0.139. The van der Waals surface area contributed by atoms with Crippen LogP contribution < -0.4 is 14.2 Å². The Labute approximate surface area is 176 Å². The zero-order chi connectivity index (χ0) is 20.7. The van der Waals surface area contributed by atoms with Crippen molar-refractivity contribution < 1.29 is 28.5 Å². The highest BCUT2D eigenvalue weighted by Gasteiger charge is 2.18. The Morgan fingerprint density at radius 2 is 1.64 bits per heavy atom. The molecule has 0 saturated heterocycles. The fourth-order valence-corrected chi connectivity index (χ4v) is 3.71. The van der Waals surface area contributed by atoms with Crippen LogP contribution in [-0.4, -0.2) is 45.4 Å². The van der Waals surface area contributed by atoms with Gasteiger partial charge in [-0.15, -0.1) is 11.8 Å². The molecule has 0 spiro atoms. The topological polar surface area (TPSA) is 71.1 Å². The number of halogens is 1.